The molecule has 0 unspecified atom stereocenters. The van der Waals surface area contributed by atoms with Gasteiger partial charge in [0, 0.05) is 12.1 Å². The summed E-state index contributed by atoms with van der Waals surface area (Å²) < 4.78 is 36.2. The molecule has 138 valence electrons. The van der Waals surface area contributed by atoms with Crippen molar-refractivity contribution in [3.05, 3.63) is 35.4 Å². The van der Waals surface area contributed by atoms with Gasteiger partial charge in [-0.1, -0.05) is 43.7 Å². The Balaban J connectivity index is 2.44. The number of aryl methyl sites for hydroxylation is 1. The van der Waals surface area contributed by atoms with Crippen LogP contribution in [-0.4, -0.2) is 29.8 Å². The molecule has 1 aromatic rings. The molecule has 0 aliphatic heterocycles. The van der Waals surface area contributed by atoms with Crippen molar-refractivity contribution in [1.29, 1.82) is 0 Å². The van der Waals surface area contributed by atoms with Gasteiger partial charge in [0.15, 0.2) is 0 Å². The third-order valence-electron chi connectivity index (χ3n) is 3.58. The summed E-state index contributed by atoms with van der Waals surface area (Å²) in [5, 5.41) is 11.6. The molecule has 0 aromatic heterocycles. The van der Waals surface area contributed by atoms with Crippen LogP contribution in [0.4, 0.5) is 13.2 Å². The van der Waals surface area contributed by atoms with Crippen LogP contribution in [0.25, 0.3) is 0 Å². The van der Waals surface area contributed by atoms with E-state index in [1.54, 1.807) is 0 Å². The molecule has 0 radical (unpaired) electrons. The van der Waals surface area contributed by atoms with Crippen molar-refractivity contribution in [1.82, 2.24) is 5.32 Å². The molecule has 0 bridgehead atoms. The van der Waals surface area contributed by atoms with Crippen molar-refractivity contribution < 1.29 is 23.1 Å². The fraction of sp³-hybridized carbons (Fsp3) is 0.526. The quantitative estimate of drug-likeness (QED) is 0.553. The van der Waals surface area contributed by atoms with E-state index < -0.39 is 18.2 Å². The number of alkyl halides is 3. The minimum atomic E-state index is -4.84. The molecule has 0 saturated heterocycles. The highest BCUT2D eigenvalue weighted by atomic mass is 19.4. The molecule has 1 aromatic carbocycles. The number of unbranched alkanes of at least 4 members (excludes halogenated alkanes) is 2. The Hall–Kier alpha value is -2.00. The molecule has 0 fully saturated rings. The van der Waals surface area contributed by atoms with E-state index in [2.05, 4.69) is 18.8 Å². The fourth-order valence-electron chi connectivity index (χ4n) is 2.23. The molecule has 0 spiro atoms. The standard InChI is InChI=1S/C19H24F3NO2/c1-2-3-4-10-17(24)12-11-16-8-5-7-15(14-16)9-6-13-23-18(25)19(20,21)22/h5,7-8,14,17,24H,2-4,6,9-10,13H2,1H3,(H,23,25)/t17-/m1/s1. The molecular weight excluding hydrogens is 331 g/mol. The Bertz CT molecular complexity index is 603. The summed E-state index contributed by atoms with van der Waals surface area (Å²) in [6, 6.07) is 7.34. The van der Waals surface area contributed by atoms with Gasteiger partial charge in [0.05, 0.1) is 0 Å². The molecule has 0 saturated carbocycles. The molecule has 6 heteroatoms. The van der Waals surface area contributed by atoms with Gasteiger partial charge < -0.3 is 10.4 Å². The van der Waals surface area contributed by atoms with Gasteiger partial charge in [0.25, 0.3) is 0 Å². The predicted molar refractivity (Wildman–Crippen MR) is 90.9 cm³/mol. The predicted octanol–water partition coefficient (Wildman–Crippen LogP) is 3.59. The second-order valence-electron chi connectivity index (χ2n) is 5.84. The number of carbonyl (C=O) groups is 1. The van der Waals surface area contributed by atoms with E-state index in [1.807, 2.05) is 29.6 Å². The highest BCUT2D eigenvalue weighted by Gasteiger charge is 2.38. The molecular formula is C19H24F3NO2. The van der Waals surface area contributed by atoms with E-state index in [9.17, 15) is 23.1 Å². The van der Waals surface area contributed by atoms with Crippen LogP contribution in [-0.2, 0) is 11.2 Å². The molecule has 0 heterocycles. The first-order valence-corrected chi connectivity index (χ1v) is 8.46. The van der Waals surface area contributed by atoms with Crippen molar-refractivity contribution in [3.63, 3.8) is 0 Å². The molecule has 2 N–H and O–H groups in total. The number of nitrogens with one attached hydrogen (secondary N) is 1. The number of rotatable bonds is 8. The Morgan fingerprint density at radius 2 is 2.04 bits per heavy atom. The number of aliphatic hydroxyl groups is 1. The third-order valence-corrected chi connectivity index (χ3v) is 3.58. The normalized spacial score (nSPS) is 12.2. The summed E-state index contributed by atoms with van der Waals surface area (Å²) in [5.41, 5.74) is 1.68. The van der Waals surface area contributed by atoms with E-state index >= 15 is 0 Å². The minimum absolute atomic E-state index is 0.0373. The van der Waals surface area contributed by atoms with E-state index in [0.717, 1.165) is 30.4 Å². The number of carbonyl (C=O) groups excluding carboxylic acids is 1. The van der Waals surface area contributed by atoms with Crippen LogP contribution in [0.5, 0.6) is 0 Å². The first-order valence-electron chi connectivity index (χ1n) is 8.46. The second-order valence-corrected chi connectivity index (χ2v) is 5.84. The summed E-state index contributed by atoms with van der Waals surface area (Å²) in [6.45, 7) is 2.06. The van der Waals surface area contributed by atoms with Gasteiger partial charge in [-0.25, -0.2) is 0 Å². The highest BCUT2D eigenvalue weighted by Crippen LogP contribution is 2.14. The second kappa shape index (κ2) is 10.8. The number of hydrogen-bond acceptors (Lipinski definition) is 2. The fourth-order valence-corrected chi connectivity index (χ4v) is 2.23. The lowest BCUT2D eigenvalue weighted by molar-refractivity contribution is -0.173. The number of halogens is 3. The van der Waals surface area contributed by atoms with E-state index in [1.165, 1.54) is 0 Å². The molecule has 1 atom stereocenters. The Morgan fingerprint density at radius 3 is 2.72 bits per heavy atom. The van der Waals surface area contributed by atoms with Crippen molar-refractivity contribution in [2.45, 2.75) is 57.7 Å². The van der Waals surface area contributed by atoms with Crippen molar-refractivity contribution in [2.24, 2.45) is 0 Å². The minimum Gasteiger partial charge on any atom is -0.380 e. The van der Waals surface area contributed by atoms with E-state index in [4.69, 9.17) is 0 Å². The van der Waals surface area contributed by atoms with Crippen LogP contribution in [0, 0.1) is 11.8 Å². The lowest BCUT2D eigenvalue weighted by Gasteiger charge is -2.07. The zero-order chi connectivity index (χ0) is 18.7. The van der Waals surface area contributed by atoms with Gasteiger partial charge in [0.1, 0.15) is 6.10 Å². The van der Waals surface area contributed by atoms with Gasteiger partial charge in [-0.15, -0.1) is 0 Å². The first-order chi connectivity index (χ1) is 11.8. The Labute approximate surface area is 146 Å². The summed E-state index contributed by atoms with van der Waals surface area (Å²) in [5.74, 6) is 3.82. The largest absolute Gasteiger partial charge is 0.471 e. The van der Waals surface area contributed by atoms with Crippen molar-refractivity contribution in [2.75, 3.05) is 6.54 Å². The van der Waals surface area contributed by atoms with Crippen LogP contribution >= 0.6 is 0 Å². The molecule has 1 amide bonds. The summed E-state index contributed by atoms with van der Waals surface area (Å²) in [4.78, 5) is 10.7. The summed E-state index contributed by atoms with van der Waals surface area (Å²) in [7, 11) is 0. The molecule has 0 aliphatic rings. The summed E-state index contributed by atoms with van der Waals surface area (Å²) in [6.07, 6.45) is -0.800. The van der Waals surface area contributed by atoms with Gasteiger partial charge in [-0.3, -0.25) is 4.79 Å². The molecule has 25 heavy (non-hydrogen) atoms. The smallest absolute Gasteiger partial charge is 0.380 e. The highest BCUT2D eigenvalue weighted by molar-refractivity contribution is 5.81. The number of benzene rings is 1. The van der Waals surface area contributed by atoms with Crippen LogP contribution in [0.3, 0.4) is 0 Å². The van der Waals surface area contributed by atoms with Crippen LogP contribution in [0.15, 0.2) is 24.3 Å². The maximum Gasteiger partial charge on any atom is 0.471 e. The maximum absolute atomic E-state index is 12.1. The molecule has 1 rings (SSSR count). The van der Waals surface area contributed by atoms with Gasteiger partial charge in [0.2, 0.25) is 0 Å². The zero-order valence-electron chi connectivity index (χ0n) is 14.3. The topological polar surface area (TPSA) is 49.3 Å². The number of aliphatic hydroxyl groups excluding tert-OH is 1. The van der Waals surface area contributed by atoms with Crippen LogP contribution in [0.1, 0.15) is 50.2 Å². The van der Waals surface area contributed by atoms with Gasteiger partial charge in [-0.05, 0) is 43.4 Å². The van der Waals surface area contributed by atoms with Crippen LogP contribution < -0.4 is 5.32 Å². The molecule has 0 aliphatic carbocycles. The van der Waals surface area contributed by atoms with Crippen molar-refractivity contribution in [3.8, 4) is 11.8 Å². The maximum atomic E-state index is 12.1. The zero-order valence-corrected chi connectivity index (χ0v) is 14.3. The Morgan fingerprint density at radius 1 is 1.28 bits per heavy atom. The summed E-state index contributed by atoms with van der Waals surface area (Å²) >= 11 is 0. The first kappa shape index (κ1) is 21.0. The number of hydrogen-bond donors (Lipinski definition) is 2. The van der Waals surface area contributed by atoms with Crippen molar-refractivity contribution >= 4 is 5.91 Å². The average molecular weight is 355 g/mol. The Kier molecular flexibility index (Phi) is 9.07. The van der Waals surface area contributed by atoms with Crippen LogP contribution in [0.2, 0.25) is 0 Å². The third kappa shape index (κ3) is 9.16. The lowest BCUT2D eigenvalue weighted by atomic mass is 10.1. The monoisotopic (exact) mass is 355 g/mol. The lowest BCUT2D eigenvalue weighted by Crippen LogP contribution is -2.37. The SMILES string of the molecule is CCCCC[C@@H](O)C#Cc1cccc(CCCNC(=O)C(F)(F)F)c1. The number of amides is 1. The van der Waals surface area contributed by atoms with Gasteiger partial charge in [-0.2, -0.15) is 13.2 Å². The van der Waals surface area contributed by atoms with E-state index in [0.29, 0.717) is 19.3 Å². The molecule has 3 nitrogen and oxygen atoms in total. The van der Waals surface area contributed by atoms with Gasteiger partial charge >= 0.3 is 12.1 Å². The van der Waals surface area contributed by atoms with E-state index in [-0.39, 0.29) is 6.54 Å². The average Bonchev–Trinajstić information content (AvgIpc) is 2.56.